The van der Waals surface area contributed by atoms with E-state index < -0.39 is 0 Å². The molecule has 0 spiro atoms. The predicted octanol–water partition coefficient (Wildman–Crippen LogP) is 5.90. The second kappa shape index (κ2) is 6.91. The smallest absolute Gasteiger partial charge is 0.118 e. The molecule has 0 aliphatic rings. The van der Waals surface area contributed by atoms with Crippen molar-refractivity contribution in [2.75, 3.05) is 7.11 Å². The summed E-state index contributed by atoms with van der Waals surface area (Å²) >= 11 is 9.21. The molecule has 0 saturated carbocycles. The van der Waals surface area contributed by atoms with Gasteiger partial charge in [-0.15, -0.1) is 11.3 Å². The van der Waals surface area contributed by atoms with Gasteiger partial charge in [0.25, 0.3) is 0 Å². The molecule has 0 fully saturated rings. The molecule has 0 aliphatic heterocycles. The highest BCUT2D eigenvalue weighted by atomic mass is 79.9. The van der Waals surface area contributed by atoms with Crippen molar-refractivity contribution < 1.29 is 4.74 Å². The summed E-state index contributed by atoms with van der Waals surface area (Å²) in [6, 6.07) is 10.5. The molecule has 0 bridgehead atoms. The van der Waals surface area contributed by atoms with Crippen LogP contribution in [0.15, 0.2) is 34.8 Å². The van der Waals surface area contributed by atoms with E-state index in [0.717, 1.165) is 18.6 Å². The number of thiophene rings is 1. The second-order valence-corrected chi connectivity index (χ2v) is 7.65. The maximum Gasteiger partial charge on any atom is 0.118 e. The normalized spacial score (nSPS) is 12.4. The fourth-order valence-corrected chi connectivity index (χ4v) is 4.08. The minimum Gasteiger partial charge on any atom is -0.497 e. The molecule has 0 aliphatic carbocycles. The average Bonchev–Trinajstić information content (AvgIpc) is 2.77. The van der Waals surface area contributed by atoms with Crippen LogP contribution in [-0.4, -0.2) is 7.11 Å². The Hall–Kier alpha value is -0.320. The number of benzene rings is 1. The fourth-order valence-electron chi connectivity index (χ4n) is 1.86. The molecule has 2 aromatic rings. The maximum atomic E-state index is 5.17. The Morgan fingerprint density at radius 2 is 1.95 bits per heavy atom. The van der Waals surface area contributed by atoms with Gasteiger partial charge in [0.2, 0.25) is 0 Å². The summed E-state index contributed by atoms with van der Waals surface area (Å²) < 4.78 is 6.38. The molecule has 1 atom stereocenters. The van der Waals surface area contributed by atoms with Gasteiger partial charge in [0, 0.05) is 19.1 Å². The largest absolute Gasteiger partial charge is 0.497 e. The van der Waals surface area contributed by atoms with E-state index in [0.29, 0.717) is 4.83 Å². The Labute approximate surface area is 135 Å². The highest BCUT2D eigenvalue weighted by Gasteiger charge is 2.12. The summed E-state index contributed by atoms with van der Waals surface area (Å²) in [6.07, 6.45) is 2.16. The van der Waals surface area contributed by atoms with Crippen LogP contribution in [0.2, 0.25) is 0 Å². The first-order valence-electron chi connectivity index (χ1n) is 6.13. The zero-order valence-corrected chi connectivity index (χ0v) is 14.9. The molecule has 4 heteroatoms. The van der Waals surface area contributed by atoms with Crippen molar-refractivity contribution in [3.05, 3.63) is 50.1 Å². The highest BCUT2D eigenvalue weighted by molar-refractivity contribution is 9.10. The minimum absolute atomic E-state index is 0.421. The van der Waals surface area contributed by atoms with E-state index >= 15 is 0 Å². The number of halogens is 2. The van der Waals surface area contributed by atoms with Crippen LogP contribution in [0.1, 0.15) is 26.6 Å². The van der Waals surface area contributed by atoms with Crippen LogP contribution in [0.3, 0.4) is 0 Å². The van der Waals surface area contributed by atoms with Crippen molar-refractivity contribution in [1.29, 1.82) is 0 Å². The number of alkyl halides is 1. The van der Waals surface area contributed by atoms with E-state index in [1.807, 2.05) is 23.5 Å². The van der Waals surface area contributed by atoms with Gasteiger partial charge in [0.1, 0.15) is 5.75 Å². The van der Waals surface area contributed by atoms with Gasteiger partial charge in [-0.2, -0.15) is 0 Å². The first-order valence-corrected chi connectivity index (χ1v) is 8.65. The standard InChI is InChI=1S/C15H16Br2OS/c1-10-14(17)9-15(19-10)13(16)8-5-11-3-6-12(18-2)7-4-11/h3-4,6-7,9,13H,5,8H2,1-2H3. The lowest BCUT2D eigenvalue weighted by Crippen LogP contribution is -1.91. The van der Waals surface area contributed by atoms with Crippen LogP contribution >= 0.6 is 43.2 Å². The van der Waals surface area contributed by atoms with Gasteiger partial charge >= 0.3 is 0 Å². The first-order chi connectivity index (χ1) is 9.10. The minimum atomic E-state index is 0.421. The van der Waals surface area contributed by atoms with Crippen molar-refractivity contribution in [2.45, 2.75) is 24.6 Å². The third-order valence-corrected chi connectivity index (χ3v) is 6.53. The lowest BCUT2D eigenvalue weighted by atomic mass is 10.1. The third kappa shape index (κ3) is 4.07. The van der Waals surface area contributed by atoms with Crippen LogP contribution in [0.5, 0.6) is 5.75 Å². The summed E-state index contributed by atoms with van der Waals surface area (Å²) in [5.74, 6) is 0.914. The van der Waals surface area contributed by atoms with E-state index in [2.05, 4.69) is 57.0 Å². The number of hydrogen-bond donors (Lipinski definition) is 0. The van der Waals surface area contributed by atoms with Gasteiger partial charge in [-0.25, -0.2) is 0 Å². The summed E-state index contributed by atoms with van der Waals surface area (Å²) in [4.78, 5) is 3.14. The van der Waals surface area contributed by atoms with Crippen LogP contribution in [-0.2, 0) is 6.42 Å². The Morgan fingerprint density at radius 1 is 1.26 bits per heavy atom. The van der Waals surface area contributed by atoms with Crippen molar-refractivity contribution in [1.82, 2.24) is 0 Å². The van der Waals surface area contributed by atoms with Gasteiger partial charge in [0.05, 0.1) is 7.11 Å². The fraction of sp³-hybridized carbons (Fsp3) is 0.333. The topological polar surface area (TPSA) is 9.23 Å². The highest BCUT2D eigenvalue weighted by Crippen LogP contribution is 2.37. The molecule has 0 N–H and O–H groups in total. The quantitative estimate of drug-likeness (QED) is 0.565. The monoisotopic (exact) mass is 402 g/mol. The van der Waals surface area contributed by atoms with E-state index in [9.17, 15) is 0 Å². The van der Waals surface area contributed by atoms with E-state index in [4.69, 9.17) is 4.74 Å². The Morgan fingerprint density at radius 3 is 2.47 bits per heavy atom. The molecule has 1 aromatic heterocycles. The zero-order valence-electron chi connectivity index (χ0n) is 11.0. The van der Waals surface area contributed by atoms with Crippen molar-refractivity contribution in [2.24, 2.45) is 0 Å². The lowest BCUT2D eigenvalue weighted by Gasteiger charge is -2.08. The third-order valence-electron chi connectivity index (χ3n) is 3.03. The number of rotatable bonds is 5. The number of hydrogen-bond acceptors (Lipinski definition) is 2. The molecule has 102 valence electrons. The number of aryl methyl sites for hydroxylation is 2. The Bertz CT molecular complexity index is 514. The Balaban J connectivity index is 1.94. The van der Waals surface area contributed by atoms with E-state index in [1.165, 1.54) is 19.8 Å². The lowest BCUT2D eigenvalue weighted by molar-refractivity contribution is 0.414. The average molecular weight is 404 g/mol. The molecule has 1 heterocycles. The van der Waals surface area contributed by atoms with Gasteiger partial charge in [-0.3, -0.25) is 0 Å². The molecular formula is C15H16Br2OS. The molecule has 19 heavy (non-hydrogen) atoms. The van der Waals surface area contributed by atoms with Gasteiger partial charge in [-0.05, 0) is 59.5 Å². The second-order valence-electron chi connectivity index (χ2n) is 4.41. The molecule has 1 unspecified atom stereocenters. The zero-order chi connectivity index (χ0) is 13.8. The Kier molecular flexibility index (Phi) is 5.48. The molecular weight excluding hydrogens is 388 g/mol. The van der Waals surface area contributed by atoms with E-state index in [1.54, 1.807) is 7.11 Å². The van der Waals surface area contributed by atoms with Crippen molar-refractivity contribution >= 4 is 43.2 Å². The predicted molar refractivity (Wildman–Crippen MR) is 89.7 cm³/mol. The molecule has 1 nitrogen and oxygen atoms in total. The summed E-state index contributed by atoms with van der Waals surface area (Å²) in [5.41, 5.74) is 1.34. The molecule has 0 radical (unpaired) electrons. The van der Waals surface area contributed by atoms with Crippen LogP contribution in [0, 0.1) is 6.92 Å². The van der Waals surface area contributed by atoms with Gasteiger partial charge in [-0.1, -0.05) is 28.1 Å². The van der Waals surface area contributed by atoms with Crippen LogP contribution < -0.4 is 4.74 Å². The molecule has 0 amide bonds. The van der Waals surface area contributed by atoms with Crippen molar-refractivity contribution in [3.63, 3.8) is 0 Å². The molecule has 1 aromatic carbocycles. The van der Waals surface area contributed by atoms with Crippen molar-refractivity contribution in [3.8, 4) is 5.75 Å². The number of methoxy groups -OCH3 is 1. The molecule has 0 saturated heterocycles. The molecule has 2 rings (SSSR count). The SMILES string of the molecule is COc1ccc(CCC(Br)c2cc(Br)c(C)s2)cc1. The first kappa shape index (κ1) is 15.1. The summed E-state index contributed by atoms with van der Waals surface area (Å²) in [7, 11) is 1.69. The van der Waals surface area contributed by atoms with Gasteiger partial charge in [0.15, 0.2) is 0 Å². The number of ether oxygens (including phenoxy) is 1. The summed E-state index contributed by atoms with van der Waals surface area (Å²) in [5, 5.41) is 0. The van der Waals surface area contributed by atoms with Crippen LogP contribution in [0.25, 0.3) is 0 Å². The van der Waals surface area contributed by atoms with Gasteiger partial charge < -0.3 is 4.74 Å². The van der Waals surface area contributed by atoms with Crippen LogP contribution in [0.4, 0.5) is 0 Å². The summed E-state index contributed by atoms with van der Waals surface area (Å²) in [6.45, 7) is 2.14. The maximum absolute atomic E-state index is 5.17. The van der Waals surface area contributed by atoms with E-state index in [-0.39, 0.29) is 0 Å².